The highest BCUT2D eigenvalue weighted by Gasteiger charge is 2.31. The predicted molar refractivity (Wildman–Crippen MR) is 126 cm³/mol. The lowest BCUT2D eigenvalue weighted by Crippen LogP contribution is -2.49. The van der Waals surface area contributed by atoms with Crippen LogP contribution in [0.2, 0.25) is 0 Å². The normalized spacial score (nSPS) is 18.6. The van der Waals surface area contributed by atoms with E-state index in [-0.39, 0.29) is 24.3 Å². The monoisotopic (exact) mass is 459 g/mol. The molecule has 0 bridgehead atoms. The number of H-pyrrole nitrogens is 1. The van der Waals surface area contributed by atoms with Gasteiger partial charge in [-0.05, 0) is 37.1 Å². The number of benzene rings is 2. The number of amides is 4. The summed E-state index contributed by atoms with van der Waals surface area (Å²) in [4.78, 5) is 55.4. The molecule has 9 heteroatoms. The van der Waals surface area contributed by atoms with Gasteiger partial charge < -0.3 is 25.8 Å². The summed E-state index contributed by atoms with van der Waals surface area (Å²) in [6, 6.07) is 15.3. The number of anilines is 1. The van der Waals surface area contributed by atoms with Gasteiger partial charge in [-0.3, -0.25) is 19.2 Å². The number of fused-ring (bicyclic) bond motifs is 2. The van der Waals surface area contributed by atoms with Crippen molar-refractivity contribution in [2.75, 3.05) is 18.4 Å². The van der Waals surface area contributed by atoms with Crippen LogP contribution in [-0.2, 0) is 9.59 Å². The molecule has 34 heavy (non-hydrogen) atoms. The first-order chi connectivity index (χ1) is 16.5. The van der Waals surface area contributed by atoms with E-state index in [9.17, 15) is 19.2 Å². The van der Waals surface area contributed by atoms with Crippen LogP contribution in [0.15, 0.2) is 54.6 Å². The van der Waals surface area contributed by atoms with E-state index in [0.29, 0.717) is 42.9 Å². The molecule has 5 rings (SSSR count). The van der Waals surface area contributed by atoms with Crippen LogP contribution in [0.4, 0.5) is 5.69 Å². The third-order valence-corrected chi connectivity index (χ3v) is 6.35. The smallest absolute Gasteiger partial charge is 0.270 e. The molecule has 174 valence electrons. The molecular weight excluding hydrogens is 434 g/mol. The zero-order valence-corrected chi connectivity index (χ0v) is 18.5. The highest BCUT2D eigenvalue weighted by atomic mass is 16.2. The first-order valence-electron chi connectivity index (χ1n) is 11.3. The Labute approximate surface area is 195 Å². The topological polar surface area (TPSA) is 123 Å². The molecule has 0 spiro atoms. The summed E-state index contributed by atoms with van der Waals surface area (Å²) in [7, 11) is 0. The lowest BCUT2D eigenvalue weighted by molar-refractivity contribution is -0.126. The fraction of sp³-hybridized carbons (Fsp3) is 0.280. The summed E-state index contributed by atoms with van der Waals surface area (Å²) < 4.78 is 0. The van der Waals surface area contributed by atoms with Gasteiger partial charge in [0.2, 0.25) is 11.8 Å². The molecule has 1 atom stereocenters. The van der Waals surface area contributed by atoms with E-state index in [0.717, 1.165) is 10.9 Å². The number of likely N-dealkylation sites (tertiary alicyclic amines) is 1. The maximum Gasteiger partial charge on any atom is 0.270 e. The second-order valence-corrected chi connectivity index (χ2v) is 8.67. The average molecular weight is 460 g/mol. The minimum atomic E-state index is -0.955. The Bertz CT molecular complexity index is 1240. The Morgan fingerprint density at radius 2 is 1.74 bits per heavy atom. The Morgan fingerprint density at radius 3 is 2.53 bits per heavy atom. The molecule has 0 saturated carbocycles. The molecule has 4 N–H and O–H groups in total. The second kappa shape index (κ2) is 9.01. The van der Waals surface area contributed by atoms with Crippen molar-refractivity contribution in [2.24, 2.45) is 0 Å². The van der Waals surface area contributed by atoms with Crippen molar-refractivity contribution in [3.8, 4) is 0 Å². The standard InChI is InChI=1S/C25H25N5O4/c31-22(14-20-24(33)28-19-8-4-2-6-17(19)23(32)29-20)26-16-9-11-30(12-10-16)25(34)21-13-15-5-1-3-7-18(15)27-21/h1-8,13,16,20,27H,9-12,14H2,(H,26,31)(H,28,33)(H,29,32)/t20-/m1/s1. The summed E-state index contributed by atoms with van der Waals surface area (Å²) >= 11 is 0. The first kappa shape index (κ1) is 21.7. The van der Waals surface area contributed by atoms with Crippen LogP contribution >= 0.6 is 0 Å². The van der Waals surface area contributed by atoms with Crippen LogP contribution < -0.4 is 16.0 Å². The van der Waals surface area contributed by atoms with Gasteiger partial charge in [-0.1, -0.05) is 30.3 Å². The van der Waals surface area contributed by atoms with E-state index in [2.05, 4.69) is 20.9 Å². The van der Waals surface area contributed by atoms with Crippen molar-refractivity contribution in [2.45, 2.75) is 31.3 Å². The number of aromatic amines is 1. The van der Waals surface area contributed by atoms with Crippen molar-refractivity contribution in [3.63, 3.8) is 0 Å². The molecule has 4 amide bonds. The third-order valence-electron chi connectivity index (χ3n) is 6.35. The largest absolute Gasteiger partial charge is 0.353 e. The highest BCUT2D eigenvalue weighted by molar-refractivity contribution is 6.10. The average Bonchev–Trinajstić information content (AvgIpc) is 3.23. The fourth-order valence-electron chi connectivity index (χ4n) is 4.51. The number of hydrogen-bond acceptors (Lipinski definition) is 4. The lowest BCUT2D eigenvalue weighted by atomic mass is 10.0. The molecule has 2 aromatic carbocycles. The zero-order chi connectivity index (χ0) is 23.7. The highest BCUT2D eigenvalue weighted by Crippen LogP contribution is 2.20. The van der Waals surface area contributed by atoms with Gasteiger partial charge in [0.25, 0.3) is 11.8 Å². The quantitative estimate of drug-likeness (QED) is 0.477. The Balaban J connectivity index is 1.14. The maximum atomic E-state index is 12.9. The fourth-order valence-corrected chi connectivity index (χ4v) is 4.51. The van der Waals surface area contributed by atoms with Gasteiger partial charge in [-0.15, -0.1) is 0 Å². The number of para-hydroxylation sites is 2. The number of carbonyl (C=O) groups excluding carboxylic acids is 4. The number of piperidine rings is 1. The Morgan fingerprint density at radius 1 is 1.00 bits per heavy atom. The number of nitrogens with one attached hydrogen (secondary N) is 4. The van der Waals surface area contributed by atoms with Gasteiger partial charge in [0.05, 0.1) is 17.7 Å². The molecule has 0 radical (unpaired) electrons. The number of hydrogen-bond donors (Lipinski definition) is 4. The molecule has 1 aromatic heterocycles. The van der Waals surface area contributed by atoms with E-state index in [1.54, 1.807) is 29.2 Å². The summed E-state index contributed by atoms with van der Waals surface area (Å²) in [5, 5.41) is 9.28. The van der Waals surface area contributed by atoms with E-state index in [4.69, 9.17) is 0 Å². The molecule has 3 aromatic rings. The van der Waals surface area contributed by atoms with Crippen LogP contribution in [-0.4, -0.2) is 58.7 Å². The van der Waals surface area contributed by atoms with Crippen molar-refractivity contribution in [1.82, 2.24) is 20.5 Å². The SMILES string of the molecule is O=C(C[C@H]1NC(=O)c2ccccc2NC1=O)NC1CCN(C(=O)c2cc3ccccc3[nH]2)CC1. The van der Waals surface area contributed by atoms with E-state index >= 15 is 0 Å². The second-order valence-electron chi connectivity index (χ2n) is 8.67. The molecule has 1 saturated heterocycles. The van der Waals surface area contributed by atoms with Gasteiger partial charge in [0.1, 0.15) is 11.7 Å². The Kier molecular flexibility index (Phi) is 5.75. The van der Waals surface area contributed by atoms with Crippen molar-refractivity contribution in [1.29, 1.82) is 0 Å². The number of aromatic nitrogens is 1. The predicted octanol–water partition coefficient (Wildman–Crippen LogP) is 2.03. The molecule has 2 aliphatic rings. The van der Waals surface area contributed by atoms with E-state index in [1.165, 1.54) is 0 Å². The van der Waals surface area contributed by atoms with E-state index < -0.39 is 17.9 Å². The summed E-state index contributed by atoms with van der Waals surface area (Å²) in [5.74, 6) is -1.19. The van der Waals surface area contributed by atoms with Crippen molar-refractivity contribution in [3.05, 3.63) is 65.9 Å². The van der Waals surface area contributed by atoms with Gasteiger partial charge >= 0.3 is 0 Å². The van der Waals surface area contributed by atoms with Gasteiger partial charge in [-0.25, -0.2) is 0 Å². The van der Waals surface area contributed by atoms with Gasteiger partial charge in [-0.2, -0.15) is 0 Å². The van der Waals surface area contributed by atoms with Crippen LogP contribution in [0.3, 0.4) is 0 Å². The van der Waals surface area contributed by atoms with E-state index in [1.807, 2.05) is 30.3 Å². The Hall–Kier alpha value is -4.14. The number of nitrogens with zero attached hydrogens (tertiary/aromatic N) is 1. The summed E-state index contributed by atoms with van der Waals surface area (Å²) in [6.45, 7) is 1.05. The summed E-state index contributed by atoms with van der Waals surface area (Å²) in [5.41, 5.74) is 2.27. The lowest BCUT2D eigenvalue weighted by Gasteiger charge is -2.32. The molecule has 1 fully saturated rings. The minimum Gasteiger partial charge on any atom is -0.353 e. The number of rotatable bonds is 4. The third kappa shape index (κ3) is 4.36. The van der Waals surface area contributed by atoms with Crippen molar-refractivity contribution < 1.29 is 19.2 Å². The molecule has 0 aliphatic carbocycles. The number of carbonyl (C=O) groups is 4. The molecular formula is C25H25N5O4. The van der Waals surface area contributed by atoms with Gasteiger partial charge in [0, 0.05) is 30.0 Å². The molecule has 0 unspecified atom stereocenters. The first-order valence-corrected chi connectivity index (χ1v) is 11.3. The maximum absolute atomic E-state index is 12.9. The molecule has 2 aliphatic heterocycles. The van der Waals surface area contributed by atoms with Crippen LogP contribution in [0, 0.1) is 0 Å². The minimum absolute atomic E-state index is 0.0571. The van der Waals surface area contributed by atoms with Crippen LogP contribution in [0.1, 0.15) is 40.1 Å². The van der Waals surface area contributed by atoms with Crippen LogP contribution in [0.25, 0.3) is 10.9 Å². The van der Waals surface area contributed by atoms with Crippen LogP contribution in [0.5, 0.6) is 0 Å². The summed E-state index contributed by atoms with van der Waals surface area (Å²) in [6.07, 6.45) is 1.08. The van der Waals surface area contributed by atoms with Gasteiger partial charge in [0.15, 0.2) is 0 Å². The zero-order valence-electron chi connectivity index (χ0n) is 18.5. The van der Waals surface area contributed by atoms with Crippen molar-refractivity contribution >= 4 is 40.2 Å². The molecule has 3 heterocycles. The molecule has 9 nitrogen and oxygen atoms in total.